The number of carbonyl (C=O) groups excluding carboxylic acids is 1. The summed E-state index contributed by atoms with van der Waals surface area (Å²) in [6.45, 7) is 0. The topological polar surface area (TPSA) is 17.1 Å². The normalized spacial score (nSPS) is 10.2. The molecule has 0 atom stereocenters. The Bertz CT molecular complexity index is 462. The van der Waals surface area contributed by atoms with Crippen molar-refractivity contribution in [1.82, 2.24) is 0 Å². The molecule has 2 radical (unpaired) electrons. The van der Waals surface area contributed by atoms with Crippen LogP contribution in [0.5, 0.6) is 0 Å². The predicted octanol–water partition coefficient (Wildman–Crippen LogP) is 1.88. The maximum atomic E-state index is 11.1. The monoisotopic (exact) mass is 276 g/mol. The molecule has 1 nitrogen and oxygen atoms in total. The zero-order chi connectivity index (χ0) is 9.26. The second kappa shape index (κ2) is 3.50. The molecule has 2 aromatic rings. The molecule has 0 aliphatic heterocycles. The van der Waals surface area contributed by atoms with Crippen molar-refractivity contribution in [3.8, 4) is 0 Å². The molecule has 62 valence electrons. The summed E-state index contributed by atoms with van der Waals surface area (Å²) in [5.74, 6) is 0. The van der Waals surface area contributed by atoms with E-state index >= 15 is 0 Å². The molecule has 2 aromatic carbocycles. The third kappa shape index (κ3) is 1.75. The molecule has 2 rings (SSSR count). The molecule has 0 aliphatic carbocycles. The Morgan fingerprint density at radius 1 is 1.00 bits per heavy atom. The molecule has 0 unspecified atom stereocenters. The molecule has 0 N–H and O–H groups in total. The summed E-state index contributed by atoms with van der Waals surface area (Å²) in [7, 11) is 0. The van der Waals surface area contributed by atoms with Crippen molar-refractivity contribution in [3.05, 3.63) is 48.0 Å². The van der Waals surface area contributed by atoms with Crippen LogP contribution < -0.4 is 0 Å². The van der Waals surface area contributed by atoms with Gasteiger partial charge in [0.05, 0.1) is 0 Å². The zero-order valence-electron chi connectivity index (χ0n) is 7.03. The van der Waals surface area contributed by atoms with Crippen molar-refractivity contribution in [2.24, 2.45) is 0 Å². The fourth-order valence-corrected chi connectivity index (χ4v) is 1.86. The molecule has 0 aromatic heterocycles. The minimum atomic E-state index is 0.246. The van der Waals surface area contributed by atoms with Gasteiger partial charge in [-0.05, 0) is 0 Å². The van der Waals surface area contributed by atoms with E-state index in [2.05, 4.69) is 6.07 Å². The molecular formula is C11H8OSn. The summed E-state index contributed by atoms with van der Waals surface area (Å²) in [5.41, 5.74) is 0.834. The van der Waals surface area contributed by atoms with E-state index in [0.29, 0.717) is 22.5 Å². The van der Waals surface area contributed by atoms with Crippen LogP contribution in [0, 0.1) is 0 Å². The van der Waals surface area contributed by atoms with Crippen LogP contribution in [0.25, 0.3) is 10.8 Å². The van der Waals surface area contributed by atoms with Crippen LogP contribution in [0.2, 0.25) is 0 Å². The number of benzene rings is 2. The maximum absolute atomic E-state index is 11.1. The van der Waals surface area contributed by atoms with E-state index in [4.69, 9.17) is 0 Å². The zero-order valence-corrected chi connectivity index (χ0v) is 10.3. The molecule has 0 fully saturated rings. The van der Waals surface area contributed by atoms with Gasteiger partial charge in [0, 0.05) is 0 Å². The van der Waals surface area contributed by atoms with Gasteiger partial charge in [0.2, 0.25) is 0 Å². The number of hydrogen-bond donors (Lipinski definition) is 0. The van der Waals surface area contributed by atoms with Gasteiger partial charge in [-0.3, -0.25) is 0 Å². The van der Waals surface area contributed by atoms with Crippen LogP contribution in [0.4, 0.5) is 0 Å². The molecule has 0 saturated carbocycles. The first-order valence-electron chi connectivity index (χ1n) is 4.06. The molecule has 0 spiro atoms. The third-order valence-corrected chi connectivity index (χ3v) is 2.99. The van der Waals surface area contributed by atoms with Crippen molar-refractivity contribution in [2.75, 3.05) is 0 Å². The van der Waals surface area contributed by atoms with E-state index in [0.717, 1.165) is 10.9 Å². The Labute approximate surface area is 89.8 Å². The standard InChI is InChI=1S/C11H7O.Sn.H/c12-8-9-5-6-10-3-1-2-4-11(10)7-9;;/h1-7H;;. The van der Waals surface area contributed by atoms with Gasteiger partial charge in [0.15, 0.2) is 0 Å². The van der Waals surface area contributed by atoms with Crippen molar-refractivity contribution in [1.29, 1.82) is 0 Å². The molecule has 0 amide bonds. The van der Waals surface area contributed by atoms with Gasteiger partial charge in [-0.2, -0.15) is 0 Å². The Hall–Kier alpha value is -0.831. The van der Waals surface area contributed by atoms with Crippen molar-refractivity contribution in [2.45, 2.75) is 0 Å². The fraction of sp³-hybridized carbons (Fsp3) is 0. The second-order valence-corrected chi connectivity index (χ2v) is 4.42. The van der Waals surface area contributed by atoms with E-state index in [-0.39, 0.29) is 3.80 Å². The van der Waals surface area contributed by atoms with E-state index in [1.165, 1.54) is 5.39 Å². The Morgan fingerprint density at radius 3 is 2.38 bits per heavy atom. The quantitative estimate of drug-likeness (QED) is 0.726. The molecule has 0 heterocycles. The number of fused-ring (bicyclic) bond motifs is 1. The second-order valence-electron chi connectivity index (χ2n) is 2.93. The summed E-state index contributed by atoms with van der Waals surface area (Å²) < 4.78 is 0.246. The molecule has 2 heteroatoms. The molecule has 0 bridgehead atoms. The Kier molecular flexibility index (Phi) is 2.36. The molecular weight excluding hydrogens is 267 g/mol. The Morgan fingerprint density at radius 2 is 1.69 bits per heavy atom. The summed E-state index contributed by atoms with van der Waals surface area (Å²) >= 11 is 0.657. The van der Waals surface area contributed by atoms with Crippen LogP contribution in [0.3, 0.4) is 0 Å². The predicted molar refractivity (Wildman–Crippen MR) is 55.4 cm³/mol. The van der Waals surface area contributed by atoms with Crippen molar-refractivity contribution >= 4 is 37.1 Å². The number of carbonyl (C=O) groups is 1. The van der Waals surface area contributed by atoms with Crippen LogP contribution in [0.1, 0.15) is 10.4 Å². The molecule has 13 heavy (non-hydrogen) atoms. The number of rotatable bonds is 1. The van der Waals surface area contributed by atoms with Crippen LogP contribution in [0.15, 0.2) is 42.5 Å². The van der Waals surface area contributed by atoms with Crippen LogP contribution in [-0.4, -0.2) is 26.3 Å². The fourth-order valence-electron chi connectivity index (χ4n) is 1.34. The third-order valence-electron chi connectivity index (χ3n) is 2.03. The van der Waals surface area contributed by atoms with Crippen molar-refractivity contribution < 1.29 is 4.79 Å². The first-order chi connectivity index (χ1) is 6.27. The summed E-state index contributed by atoms with van der Waals surface area (Å²) in [6, 6.07) is 13.9. The Balaban J connectivity index is 2.69. The first-order valence-corrected chi connectivity index (χ1v) is 5.71. The van der Waals surface area contributed by atoms with Gasteiger partial charge >= 0.3 is 89.9 Å². The van der Waals surface area contributed by atoms with Gasteiger partial charge in [-0.15, -0.1) is 0 Å². The summed E-state index contributed by atoms with van der Waals surface area (Å²) in [6.07, 6.45) is 0. The average Bonchev–Trinajstić information content (AvgIpc) is 2.17. The van der Waals surface area contributed by atoms with E-state index in [1.807, 2.05) is 36.4 Å². The first kappa shape index (κ1) is 8.75. The van der Waals surface area contributed by atoms with Crippen LogP contribution in [-0.2, 0) is 0 Å². The summed E-state index contributed by atoms with van der Waals surface area (Å²) in [4.78, 5) is 11.1. The van der Waals surface area contributed by atoms with Crippen LogP contribution >= 0.6 is 0 Å². The average molecular weight is 275 g/mol. The van der Waals surface area contributed by atoms with Gasteiger partial charge in [0.1, 0.15) is 0 Å². The van der Waals surface area contributed by atoms with Gasteiger partial charge in [-0.1, -0.05) is 0 Å². The number of hydrogen-bond acceptors (Lipinski definition) is 1. The van der Waals surface area contributed by atoms with Gasteiger partial charge in [0.25, 0.3) is 0 Å². The molecule has 0 aliphatic rings. The van der Waals surface area contributed by atoms with Gasteiger partial charge < -0.3 is 0 Å². The SMILES string of the molecule is O=[C]([SnH])c1ccc2ccccc2c1. The summed E-state index contributed by atoms with van der Waals surface area (Å²) in [5, 5.41) is 2.33. The van der Waals surface area contributed by atoms with Gasteiger partial charge in [-0.25, -0.2) is 0 Å². The van der Waals surface area contributed by atoms with E-state index in [9.17, 15) is 4.79 Å². The van der Waals surface area contributed by atoms with E-state index in [1.54, 1.807) is 0 Å². The molecule has 0 saturated heterocycles. The van der Waals surface area contributed by atoms with E-state index < -0.39 is 0 Å². The minimum absolute atomic E-state index is 0.246. The van der Waals surface area contributed by atoms with Crippen molar-refractivity contribution in [3.63, 3.8) is 0 Å².